The first-order chi connectivity index (χ1) is 12.6. The first-order valence-electron chi connectivity index (χ1n) is 10.2. The summed E-state index contributed by atoms with van der Waals surface area (Å²) in [5, 5.41) is 3.75. The number of nitrogens with zero attached hydrogens (tertiary/aromatic N) is 3. The van der Waals surface area contributed by atoms with Crippen molar-refractivity contribution < 1.29 is 0 Å². The second-order valence-electron chi connectivity index (χ2n) is 7.53. The van der Waals surface area contributed by atoms with Crippen molar-refractivity contribution in [3.05, 3.63) is 34.3 Å². The van der Waals surface area contributed by atoms with Crippen molar-refractivity contribution in [3.8, 4) is 0 Å². The first-order valence-corrected chi connectivity index (χ1v) is 11.0. The molecule has 0 spiro atoms. The second kappa shape index (κ2) is 11.0. The third-order valence-corrected chi connectivity index (χ3v) is 6.24. The Morgan fingerprint density at radius 1 is 1.22 bits per heavy atom. The highest BCUT2D eigenvalue weighted by Crippen LogP contribution is 2.41. The standard InChI is InChI=1S/C21H33BrN4.HI/c1-4-23-21(26-12-11-16(15-26)14-25(5-2)6-3)24-20-13-19(20)17-7-9-18(22)10-8-17;/h7-10,16,19-20H,4-6,11-15H2,1-3H3,(H,23,24);1H. The molecule has 3 atom stereocenters. The summed E-state index contributed by atoms with van der Waals surface area (Å²) in [4.78, 5) is 9.82. The monoisotopic (exact) mass is 548 g/mol. The van der Waals surface area contributed by atoms with E-state index in [1.165, 1.54) is 24.9 Å². The molecule has 3 unspecified atom stereocenters. The normalized spacial score (nSPS) is 24.9. The first kappa shape index (κ1) is 22.9. The van der Waals surface area contributed by atoms with Crippen LogP contribution in [0.25, 0.3) is 0 Å². The number of nitrogens with one attached hydrogen (secondary N) is 1. The van der Waals surface area contributed by atoms with Gasteiger partial charge < -0.3 is 15.1 Å². The summed E-state index contributed by atoms with van der Waals surface area (Å²) in [5.41, 5.74) is 1.43. The molecule has 4 nitrogen and oxygen atoms in total. The lowest BCUT2D eigenvalue weighted by molar-refractivity contribution is 0.255. The Morgan fingerprint density at radius 3 is 2.56 bits per heavy atom. The molecule has 6 heteroatoms. The van der Waals surface area contributed by atoms with Crippen molar-refractivity contribution in [1.29, 1.82) is 0 Å². The lowest BCUT2D eigenvalue weighted by Gasteiger charge is -2.24. The van der Waals surface area contributed by atoms with E-state index in [1.54, 1.807) is 0 Å². The molecule has 1 heterocycles. The van der Waals surface area contributed by atoms with E-state index < -0.39 is 0 Å². The van der Waals surface area contributed by atoms with Gasteiger partial charge in [0.1, 0.15) is 0 Å². The fraction of sp³-hybridized carbons (Fsp3) is 0.667. The summed E-state index contributed by atoms with van der Waals surface area (Å²) >= 11 is 3.52. The van der Waals surface area contributed by atoms with Crippen LogP contribution in [-0.2, 0) is 0 Å². The number of benzene rings is 1. The zero-order chi connectivity index (χ0) is 18.5. The maximum atomic E-state index is 4.79. The van der Waals surface area contributed by atoms with E-state index in [0.717, 1.165) is 49.1 Å². The highest BCUT2D eigenvalue weighted by atomic mass is 127. The predicted molar refractivity (Wildman–Crippen MR) is 129 cm³/mol. The van der Waals surface area contributed by atoms with Gasteiger partial charge in [0.2, 0.25) is 0 Å². The van der Waals surface area contributed by atoms with Crippen LogP contribution in [0.5, 0.6) is 0 Å². The quantitative estimate of drug-likeness (QED) is 0.308. The third-order valence-electron chi connectivity index (χ3n) is 5.71. The van der Waals surface area contributed by atoms with Crippen LogP contribution in [0.3, 0.4) is 0 Å². The molecule has 1 aliphatic heterocycles. The van der Waals surface area contributed by atoms with Crippen LogP contribution < -0.4 is 5.32 Å². The van der Waals surface area contributed by atoms with Gasteiger partial charge in [-0.2, -0.15) is 0 Å². The van der Waals surface area contributed by atoms with E-state index in [0.29, 0.717) is 12.0 Å². The Kier molecular flexibility index (Phi) is 9.35. The van der Waals surface area contributed by atoms with E-state index in [4.69, 9.17) is 4.99 Å². The molecule has 1 aromatic carbocycles. The number of hydrogen-bond acceptors (Lipinski definition) is 2. The Balaban J connectivity index is 0.00000261. The fourth-order valence-electron chi connectivity index (χ4n) is 4.01. The summed E-state index contributed by atoms with van der Waals surface area (Å²) in [5.74, 6) is 2.51. The van der Waals surface area contributed by atoms with Crippen molar-refractivity contribution >= 4 is 45.9 Å². The Bertz CT molecular complexity index is 603. The average Bonchev–Trinajstić information content (AvgIpc) is 3.26. The number of hydrogen-bond donors (Lipinski definition) is 1. The molecule has 3 rings (SSSR count). The van der Waals surface area contributed by atoms with E-state index >= 15 is 0 Å². The predicted octanol–water partition coefficient (Wildman–Crippen LogP) is 4.55. The molecule has 2 aliphatic rings. The topological polar surface area (TPSA) is 30.9 Å². The zero-order valence-electron chi connectivity index (χ0n) is 16.8. The fourth-order valence-corrected chi connectivity index (χ4v) is 4.27. The van der Waals surface area contributed by atoms with Gasteiger partial charge in [-0.3, -0.25) is 4.99 Å². The van der Waals surface area contributed by atoms with Crippen LogP contribution in [0.2, 0.25) is 0 Å². The molecule has 0 aromatic heterocycles. The summed E-state index contributed by atoms with van der Waals surface area (Å²) in [6, 6.07) is 9.29. The molecule has 1 saturated carbocycles. The SMILES string of the molecule is CCN=C(NC1CC1c1ccc(Br)cc1)N1CCC(CN(CC)CC)C1.I. The van der Waals surface area contributed by atoms with Crippen molar-refractivity contribution in [2.45, 2.75) is 45.6 Å². The van der Waals surface area contributed by atoms with Crippen LogP contribution in [0.1, 0.15) is 45.1 Å². The van der Waals surface area contributed by atoms with Crippen molar-refractivity contribution in [2.24, 2.45) is 10.9 Å². The minimum atomic E-state index is 0. The smallest absolute Gasteiger partial charge is 0.194 e. The molecule has 0 amide bonds. The van der Waals surface area contributed by atoms with E-state index in [1.807, 2.05) is 0 Å². The van der Waals surface area contributed by atoms with E-state index in [9.17, 15) is 0 Å². The number of aliphatic imine (C=N–C) groups is 1. The van der Waals surface area contributed by atoms with Crippen LogP contribution in [0, 0.1) is 5.92 Å². The van der Waals surface area contributed by atoms with Crippen LogP contribution in [0.4, 0.5) is 0 Å². The van der Waals surface area contributed by atoms with Gasteiger partial charge in [-0.25, -0.2) is 0 Å². The summed E-state index contributed by atoms with van der Waals surface area (Å²) in [7, 11) is 0. The molecular weight excluding hydrogens is 515 g/mol. The largest absolute Gasteiger partial charge is 0.353 e. The molecular formula is C21H34BrIN4. The van der Waals surface area contributed by atoms with Crippen molar-refractivity contribution in [2.75, 3.05) is 39.3 Å². The molecule has 1 aliphatic carbocycles. The van der Waals surface area contributed by atoms with Gasteiger partial charge >= 0.3 is 0 Å². The maximum Gasteiger partial charge on any atom is 0.194 e. The van der Waals surface area contributed by atoms with Crippen molar-refractivity contribution in [1.82, 2.24) is 15.1 Å². The molecule has 0 bridgehead atoms. The van der Waals surface area contributed by atoms with Gasteiger partial charge in [0, 0.05) is 42.6 Å². The van der Waals surface area contributed by atoms with Gasteiger partial charge in [-0.15, -0.1) is 24.0 Å². The maximum absolute atomic E-state index is 4.79. The molecule has 0 radical (unpaired) electrons. The molecule has 2 fully saturated rings. The molecule has 1 aromatic rings. The van der Waals surface area contributed by atoms with Gasteiger partial charge in [-0.05, 0) is 56.5 Å². The van der Waals surface area contributed by atoms with Crippen LogP contribution in [0.15, 0.2) is 33.7 Å². The number of halogens is 2. The molecule has 27 heavy (non-hydrogen) atoms. The summed E-state index contributed by atoms with van der Waals surface area (Å²) < 4.78 is 1.15. The summed E-state index contributed by atoms with van der Waals surface area (Å²) in [6.45, 7) is 13.3. The zero-order valence-corrected chi connectivity index (χ0v) is 20.7. The van der Waals surface area contributed by atoms with Gasteiger partial charge in [0.15, 0.2) is 5.96 Å². The molecule has 1 N–H and O–H groups in total. The highest BCUT2D eigenvalue weighted by molar-refractivity contribution is 14.0. The Hall–Kier alpha value is -0.340. The number of guanidine groups is 1. The lowest BCUT2D eigenvalue weighted by atomic mass is 10.1. The van der Waals surface area contributed by atoms with Gasteiger partial charge in [0.05, 0.1) is 0 Å². The molecule has 152 valence electrons. The summed E-state index contributed by atoms with van der Waals surface area (Å²) in [6.07, 6.45) is 2.49. The van der Waals surface area contributed by atoms with Gasteiger partial charge in [0.25, 0.3) is 0 Å². The van der Waals surface area contributed by atoms with Crippen LogP contribution in [-0.4, -0.2) is 61.1 Å². The Morgan fingerprint density at radius 2 is 1.93 bits per heavy atom. The lowest BCUT2D eigenvalue weighted by Crippen LogP contribution is -2.42. The van der Waals surface area contributed by atoms with Gasteiger partial charge in [-0.1, -0.05) is 41.9 Å². The van der Waals surface area contributed by atoms with E-state index in [-0.39, 0.29) is 24.0 Å². The average molecular weight is 549 g/mol. The van der Waals surface area contributed by atoms with E-state index in [2.05, 4.69) is 76.1 Å². The molecule has 1 saturated heterocycles. The highest BCUT2D eigenvalue weighted by Gasteiger charge is 2.40. The minimum Gasteiger partial charge on any atom is -0.353 e. The third kappa shape index (κ3) is 6.32. The van der Waals surface area contributed by atoms with Crippen molar-refractivity contribution in [3.63, 3.8) is 0 Å². The number of rotatable bonds is 7. The number of likely N-dealkylation sites (tertiary alicyclic amines) is 1. The minimum absolute atomic E-state index is 0. The Labute approximate surface area is 190 Å². The second-order valence-corrected chi connectivity index (χ2v) is 8.44. The van der Waals surface area contributed by atoms with Crippen LogP contribution >= 0.6 is 39.9 Å².